The molecule has 0 aromatic rings. The molecule has 0 aromatic heterocycles. The van der Waals surface area contributed by atoms with Crippen molar-refractivity contribution < 1.29 is 13.1 Å². The Morgan fingerprint density at radius 1 is 1.88 bits per heavy atom. The molecule has 1 saturated heterocycles. The maximum absolute atomic E-state index is 10.4. The van der Waals surface area contributed by atoms with Crippen LogP contribution < -0.4 is 0 Å². The highest BCUT2D eigenvalue weighted by molar-refractivity contribution is 7.80. The molecule has 0 aliphatic carbocycles. The predicted molar refractivity (Wildman–Crippen MR) is 29.8 cm³/mol. The standard InChI is InChI=1S/C4H8O3S/c1-6-4-2-7-8(5)3-4/h4H,2-3H2,1H3. The lowest BCUT2D eigenvalue weighted by Crippen LogP contribution is -2.12. The van der Waals surface area contributed by atoms with Crippen LogP contribution in [-0.4, -0.2) is 29.8 Å². The van der Waals surface area contributed by atoms with Crippen molar-refractivity contribution in [2.24, 2.45) is 0 Å². The van der Waals surface area contributed by atoms with Crippen LogP contribution in [0.1, 0.15) is 0 Å². The van der Waals surface area contributed by atoms with E-state index in [1.54, 1.807) is 7.11 Å². The summed E-state index contributed by atoms with van der Waals surface area (Å²) in [5, 5.41) is 0. The van der Waals surface area contributed by atoms with E-state index in [0.717, 1.165) is 0 Å². The fraction of sp³-hybridized carbons (Fsp3) is 1.00. The van der Waals surface area contributed by atoms with Crippen LogP contribution >= 0.6 is 0 Å². The summed E-state index contributed by atoms with van der Waals surface area (Å²) >= 11 is -1.08. The normalized spacial score (nSPS) is 38.1. The van der Waals surface area contributed by atoms with Gasteiger partial charge >= 0.3 is 0 Å². The molecule has 3 nitrogen and oxygen atoms in total. The quantitative estimate of drug-likeness (QED) is 0.496. The third-order valence-corrected chi connectivity index (χ3v) is 2.08. The molecule has 2 atom stereocenters. The summed E-state index contributed by atoms with van der Waals surface area (Å²) in [5.41, 5.74) is 0. The molecule has 0 aromatic carbocycles. The topological polar surface area (TPSA) is 35.5 Å². The van der Waals surface area contributed by atoms with Crippen LogP contribution in [0.4, 0.5) is 0 Å². The van der Waals surface area contributed by atoms with E-state index < -0.39 is 11.1 Å². The highest BCUT2D eigenvalue weighted by Crippen LogP contribution is 2.05. The summed E-state index contributed by atoms with van der Waals surface area (Å²) < 4.78 is 20.0. The zero-order valence-corrected chi connectivity index (χ0v) is 5.44. The summed E-state index contributed by atoms with van der Waals surface area (Å²) in [6.07, 6.45) is 0.0517. The highest BCUT2D eigenvalue weighted by Gasteiger charge is 2.20. The molecule has 0 N–H and O–H groups in total. The van der Waals surface area contributed by atoms with E-state index in [1.165, 1.54) is 0 Å². The van der Waals surface area contributed by atoms with Crippen molar-refractivity contribution in [2.75, 3.05) is 19.5 Å². The second kappa shape index (κ2) is 2.57. The van der Waals surface area contributed by atoms with Crippen LogP contribution in [0.3, 0.4) is 0 Å². The number of hydrogen-bond donors (Lipinski definition) is 0. The molecule has 1 aliphatic heterocycles. The molecule has 0 spiro atoms. The van der Waals surface area contributed by atoms with E-state index in [2.05, 4.69) is 0 Å². The molecule has 1 heterocycles. The fourth-order valence-electron chi connectivity index (χ4n) is 0.536. The van der Waals surface area contributed by atoms with Gasteiger partial charge < -0.3 is 4.74 Å². The van der Waals surface area contributed by atoms with Crippen molar-refractivity contribution in [3.05, 3.63) is 0 Å². The highest BCUT2D eigenvalue weighted by atomic mass is 32.2. The number of methoxy groups -OCH3 is 1. The van der Waals surface area contributed by atoms with Gasteiger partial charge in [-0.1, -0.05) is 0 Å². The van der Waals surface area contributed by atoms with Gasteiger partial charge in [0.25, 0.3) is 0 Å². The minimum Gasteiger partial charge on any atom is -0.378 e. The maximum atomic E-state index is 10.4. The van der Waals surface area contributed by atoms with Gasteiger partial charge in [-0.15, -0.1) is 0 Å². The van der Waals surface area contributed by atoms with Crippen molar-refractivity contribution in [1.82, 2.24) is 0 Å². The first kappa shape index (κ1) is 6.19. The van der Waals surface area contributed by atoms with Crippen LogP contribution in [0.25, 0.3) is 0 Å². The van der Waals surface area contributed by atoms with Crippen LogP contribution in [0.15, 0.2) is 0 Å². The Labute approximate surface area is 50.6 Å². The van der Waals surface area contributed by atoms with Gasteiger partial charge in [-0.25, -0.2) is 4.21 Å². The van der Waals surface area contributed by atoms with Gasteiger partial charge in [-0.2, -0.15) is 0 Å². The minimum absolute atomic E-state index is 0.0517. The summed E-state index contributed by atoms with van der Waals surface area (Å²) in [4.78, 5) is 0. The van der Waals surface area contributed by atoms with Crippen LogP contribution in [0, 0.1) is 0 Å². The average Bonchev–Trinajstić information content (AvgIpc) is 2.14. The predicted octanol–water partition coefficient (Wildman–Crippen LogP) is -0.305. The molecule has 2 unspecified atom stereocenters. The van der Waals surface area contributed by atoms with Gasteiger partial charge in [-0.3, -0.25) is 4.18 Å². The van der Waals surface area contributed by atoms with Crippen molar-refractivity contribution in [2.45, 2.75) is 6.10 Å². The van der Waals surface area contributed by atoms with E-state index in [0.29, 0.717) is 12.4 Å². The lowest BCUT2D eigenvalue weighted by molar-refractivity contribution is 0.0979. The molecule has 1 fully saturated rings. The molecular formula is C4H8O3S. The Kier molecular flexibility index (Phi) is 1.99. The Bertz CT molecular complexity index is 103. The molecule has 4 heteroatoms. The third-order valence-electron chi connectivity index (χ3n) is 1.04. The van der Waals surface area contributed by atoms with Gasteiger partial charge in [0.2, 0.25) is 0 Å². The molecule has 0 amide bonds. The van der Waals surface area contributed by atoms with E-state index >= 15 is 0 Å². The van der Waals surface area contributed by atoms with E-state index in [4.69, 9.17) is 8.92 Å². The second-order valence-corrected chi connectivity index (χ2v) is 2.79. The summed E-state index contributed by atoms with van der Waals surface area (Å²) in [6.45, 7) is 0.475. The van der Waals surface area contributed by atoms with Crippen molar-refractivity contribution in [3.63, 3.8) is 0 Å². The summed E-state index contributed by atoms with van der Waals surface area (Å²) in [7, 11) is 1.59. The SMILES string of the molecule is COC1COS(=O)C1. The molecule has 8 heavy (non-hydrogen) atoms. The number of rotatable bonds is 1. The van der Waals surface area contributed by atoms with Gasteiger partial charge in [0, 0.05) is 7.11 Å². The zero-order valence-electron chi connectivity index (χ0n) is 4.62. The molecule has 1 rings (SSSR count). The first-order valence-corrected chi connectivity index (χ1v) is 3.62. The first-order chi connectivity index (χ1) is 3.83. The maximum Gasteiger partial charge on any atom is 0.158 e. The Balaban J connectivity index is 2.32. The zero-order chi connectivity index (χ0) is 5.98. The fourth-order valence-corrected chi connectivity index (χ4v) is 1.47. The Morgan fingerprint density at radius 2 is 2.62 bits per heavy atom. The van der Waals surface area contributed by atoms with Gasteiger partial charge in [0.1, 0.15) is 0 Å². The van der Waals surface area contributed by atoms with Crippen LogP contribution in [0.2, 0.25) is 0 Å². The van der Waals surface area contributed by atoms with E-state index in [-0.39, 0.29) is 6.10 Å². The summed E-state index contributed by atoms with van der Waals surface area (Å²) in [5.74, 6) is 0.524. The Morgan fingerprint density at radius 3 is 2.88 bits per heavy atom. The molecule has 48 valence electrons. The molecule has 0 radical (unpaired) electrons. The lowest BCUT2D eigenvalue weighted by atomic mass is 10.4. The van der Waals surface area contributed by atoms with E-state index in [9.17, 15) is 4.21 Å². The first-order valence-electron chi connectivity index (χ1n) is 2.37. The third kappa shape index (κ3) is 1.27. The monoisotopic (exact) mass is 136 g/mol. The van der Waals surface area contributed by atoms with Crippen LogP contribution in [-0.2, 0) is 20.0 Å². The molecule has 1 aliphatic rings. The average molecular weight is 136 g/mol. The molecule has 0 bridgehead atoms. The van der Waals surface area contributed by atoms with Crippen molar-refractivity contribution in [1.29, 1.82) is 0 Å². The smallest absolute Gasteiger partial charge is 0.158 e. The number of hydrogen-bond acceptors (Lipinski definition) is 3. The molecular weight excluding hydrogens is 128 g/mol. The van der Waals surface area contributed by atoms with Gasteiger partial charge in [-0.05, 0) is 0 Å². The van der Waals surface area contributed by atoms with E-state index in [1.807, 2.05) is 0 Å². The Hall–Kier alpha value is 0.0700. The summed E-state index contributed by atoms with van der Waals surface area (Å²) in [6, 6.07) is 0. The van der Waals surface area contributed by atoms with Crippen molar-refractivity contribution >= 4 is 11.1 Å². The number of ether oxygens (including phenoxy) is 1. The van der Waals surface area contributed by atoms with Crippen molar-refractivity contribution in [3.8, 4) is 0 Å². The minimum atomic E-state index is -1.08. The van der Waals surface area contributed by atoms with Crippen LogP contribution in [0.5, 0.6) is 0 Å². The van der Waals surface area contributed by atoms with Gasteiger partial charge in [0.05, 0.1) is 18.5 Å². The lowest BCUT2D eigenvalue weighted by Gasteiger charge is -1.98. The largest absolute Gasteiger partial charge is 0.378 e. The molecule has 0 saturated carbocycles. The van der Waals surface area contributed by atoms with Gasteiger partial charge in [0.15, 0.2) is 11.1 Å². The second-order valence-electron chi connectivity index (χ2n) is 1.61.